The van der Waals surface area contributed by atoms with E-state index in [9.17, 15) is 4.79 Å². The van der Waals surface area contributed by atoms with Gasteiger partial charge in [-0.15, -0.1) is 0 Å². The van der Waals surface area contributed by atoms with Crippen LogP contribution in [-0.2, 0) is 11.2 Å². The largest absolute Gasteiger partial charge is 0.482 e. The molecule has 1 atom stereocenters. The molecule has 0 radical (unpaired) electrons. The predicted molar refractivity (Wildman–Crippen MR) is 110 cm³/mol. The Bertz CT molecular complexity index is 1010. The lowest BCUT2D eigenvalue weighted by Crippen LogP contribution is -2.42. The first-order valence-electron chi connectivity index (χ1n) is 9.53. The van der Waals surface area contributed by atoms with Gasteiger partial charge in [0.2, 0.25) is 11.7 Å². The van der Waals surface area contributed by atoms with Crippen molar-refractivity contribution in [3.63, 3.8) is 0 Å². The van der Waals surface area contributed by atoms with Gasteiger partial charge in [-0.1, -0.05) is 28.4 Å². The van der Waals surface area contributed by atoms with Crippen molar-refractivity contribution in [1.29, 1.82) is 0 Å². The van der Waals surface area contributed by atoms with Gasteiger partial charge in [0.15, 0.2) is 6.61 Å². The molecule has 2 aromatic heterocycles. The van der Waals surface area contributed by atoms with E-state index in [2.05, 4.69) is 20.1 Å². The van der Waals surface area contributed by atoms with E-state index in [1.165, 1.54) is 0 Å². The minimum Gasteiger partial charge on any atom is -0.482 e. The van der Waals surface area contributed by atoms with Crippen molar-refractivity contribution in [1.82, 2.24) is 25.0 Å². The van der Waals surface area contributed by atoms with Crippen LogP contribution in [0.25, 0.3) is 11.5 Å². The number of carbonyl (C=O) groups excluding carboxylic acids is 1. The number of carbonyl (C=O) groups is 1. The van der Waals surface area contributed by atoms with Crippen molar-refractivity contribution < 1.29 is 14.1 Å². The summed E-state index contributed by atoms with van der Waals surface area (Å²) in [4.78, 5) is 27.0. The average molecular weight is 448 g/mol. The van der Waals surface area contributed by atoms with E-state index in [0.29, 0.717) is 52.7 Å². The fourth-order valence-electron chi connectivity index (χ4n) is 3.38. The van der Waals surface area contributed by atoms with E-state index in [4.69, 9.17) is 32.5 Å². The zero-order valence-corrected chi connectivity index (χ0v) is 17.5. The van der Waals surface area contributed by atoms with Crippen molar-refractivity contribution in [3.8, 4) is 17.3 Å². The molecule has 0 spiro atoms. The Hall–Kier alpha value is -2.71. The Labute approximate surface area is 183 Å². The van der Waals surface area contributed by atoms with Crippen LogP contribution in [-0.4, -0.2) is 50.6 Å². The highest BCUT2D eigenvalue weighted by Crippen LogP contribution is 2.28. The van der Waals surface area contributed by atoms with Gasteiger partial charge in [0.05, 0.1) is 11.2 Å². The molecule has 3 aromatic rings. The summed E-state index contributed by atoms with van der Waals surface area (Å²) in [5, 5.41) is 4.86. The Kier molecular flexibility index (Phi) is 6.44. The zero-order chi connectivity index (χ0) is 20.9. The summed E-state index contributed by atoms with van der Waals surface area (Å²) in [5.41, 5.74) is 0.561. The molecule has 4 rings (SSSR count). The molecule has 1 unspecified atom stereocenters. The lowest BCUT2D eigenvalue weighted by molar-refractivity contribution is -0.135. The quantitative estimate of drug-likeness (QED) is 0.568. The van der Waals surface area contributed by atoms with E-state index >= 15 is 0 Å². The number of rotatable bonds is 6. The molecule has 1 amide bonds. The molecule has 1 aliphatic heterocycles. The number of likely N-dealkylation sites (tertiary alicyclic amines) is 1. The second-order valence-electron chi connectivity index (χ2n) is 7.02. The summed E-state index contributed by atoms with van der Waals surface area (Å²) in [6.45, 7) is 1.23. The maximum absolute atomic E-state index is 12.6. The molecular weight excluding hydrogens is 429 g/mol. The maximum Gasteiger partial charge on any atom is 0.260 e. The number of benzene rings is 1. The third-order valence-corrected chi connectivity index (χ3v) is 5.37. The number of ether oxygens (including phenoxy) is 1. The van der Waals surface area contributed by atoms with Crippen molar-refractivity contribution in [2.45, 2.75) is 19.3 Å². The highest BCUT2D eigenvalue weighted by molar-refractivity contribution is 6.35. The van der Waals surface area contributed by atoms with E-state index in [0.717, 1.165) is 12.8 Å². The van der Waals surface area contributed by atoms with Crippen molar-refractivity contribution in [2.75, 3.05) is 19.7 Å². The van der Waals surface area contributed by atoms with E-state index in [1.54, 1.807) is 41.7 Å². The van der Waals surface area contributed by atoms with Gasteiger partial charge in [0.1, 0.15) is 11.4 Å². The Morgan fingerprint density at radius 1 is 1.30 bits per heavy atom. The predicted octanol–water partition coefficient (Wildman–Crippen LogP) is 3.69. The molecule has 3 heterocycles. The molecule has 1 aliphatic rings. The van der Waals surface area contributed by atoms with Gasteiger partial charge in [0, 0.05) is 36.9 Å². The zero-order valence-electron chi connectivity index (χ0n) is 16.0. The summed E-state index contributed by atoms with van der Waals surface area (Å²) >= 11 is 12.0. The minimum atomic E-state index is -0.0866. The van der Waals surface area contributed by atoms with Crippen LogP contribution < -0.4 is 4.74 Å². The number of hydrogen-bond donors (Lipinski definition) is 0. The van der Waals surface area contributed by atoms with Crippen LogP contribution in [0.2, 0.25) is 10.0 Å². The molecule has 1 aromatic carbocycles. The monoisotopic (exact) mass is 447 g/mol. The van der Waals surface area contributed by atoms with Gasteiger partial charge in [-0.3, -0.25) is 9.78 Å². The van der Waals surface area contributed by atoms with Gasteiger partial charge in [0.25, 0.3) is 5.91 Å². The molecule has 156 valence electrons. The standard InChI is InChI=1S/C20H19Cl2N5O3/c21-14-3-4-17(15(22)9-14)29-12-19(28)27-7-1-2-13(11-27)8-18-25-20(26-30-18)16-10-23-5-6-24-16/h3-6,9-10,13H,1-2,7-8,11-12H2. The van der Waals surface area contributed by atoms with Crippen LogP contribution in [0.4, 0.5) is 0 Å². The van der Waals surface area contributed by atoms with Crippen LogP contribution in [0, 0.1) is 5.92 Å². The van der Waals surface area contributed by atoms with Crippen LogP contribution in [0.3, 0.4) is 0 Å². The van der Waals surface area contributed by atoms with Crippen LogP contribution in [0.15, 0.2) is 41.3 Å². The van der Waals surface area contributed by atoms with Gasteiger partial charge in [-0.25, -0.2) is 4.98 Å². The van der Waals surface area contributed by atoms with Crippen molar-refractivity contribution >= 4 is 29.1 Å². The molecule has 30 heavy (non-hydrogen) atoms. The second-order valence-corrected chi connectivity index (χ2v) is 7.86. The molecule has 0 saturated carbocycles. The van der Waals surface area contributed by atoms with E-state index in [-0.39, 0.29) is 18.4 Å². The lowest BCUT2D eigenvalue weighted by atomic mass is 9.95. The van der Waals surface area contributed by atoms with Crippen LogP contribution in [0.1, 0.15) is 18.7 Å². The molecule has 10 heteroatoms. The first-order chi connectivity index (χ1) is 14.6. The Morgan fingerprint density at radius 3 is 3.00 bits per heavy atom. The topological polar surface area (TPSA) is 94.2 Å². The van der Waals surface area contributed by atoms with Crippen LogP contribution in [0.5, 0.6) is 5.75 Å². The molecule has 0 aliphatic carbocycles. The van der Waals surface area contributed by atoms with Gasteiger partial charge >= 0.3 is 0 Å². The molecule has 1 fully saturated rings. The summed E-state index contributed by atoms with van der Waals surface area (Å²) in [6.07, 6.45) is 7.24. The van der Waals surface area contributed by atoms with Crippen molar-refractivity contribution in [3.05, 3.63) is 52.7 Å². The molecule has 8 nitrogen and oxygen atoms in total. The van der Waals surface area contributed by atoms with Gasteiger partial charge < -0.3 is 14.2 Å². The first-order valence-corrected chi connectivity index (χ1v) is 10.3. The number of nitrogens with zero attached hydrogens (tertiary/aromatic N) is 5. The molecule has 0 bridgehead atoms. The minimum absolute atomic E-state index is 0.0779. The highest BCUT2D eigenvalue weighted by atomic mass is 35.5. The summed E-state index contributed by atoms with van der Waals surface area (Å²) in [6, 6.07) is 4.91. The van der Waals surface area contributed by atoms with Gasteiger partial charge in [-0.2, -0.15) is 4.98 Å². The third kappa shape index (κ3) is 5.06. The third-order valence-electron chi connectivity index (χ3n) is 4.84. The second kappa shape index (κ2) is 9.40. The summed E-state index contributed by atoms with van der Waals surface area (Å²) in [7, 11) is 0. The molecule has 1 saturated heterocycles. The summed E-state index contributed by atoms with van der Waals surface area (Å²) < 4.78 is 10.9. The number of halogens is 2. The molecule has 0 N–H and O–H groups in total. The van der Waals surface area contributed by atoms with E-state index in [1.807, 2.05) is 0 Å². The maximum atomic E-state index is 12.6. The molecular formula is C20H19Cl2N5O3. The van der Waals surface area contributed by atoms with E-state index < -0.39 is 0 Å². The lowest BCUT2D eigenvalue weighted by Gasteiger charge is -2.32. The fourth-order valence-corrected chi connectivity index (χ4v) is 3.85. The van der Waals surface area contributed by atoms with Crippen molar-refractivity contribution in [2.24, 2.45) is 5.92 Å². The number of piperidine rings is 1. The SMILES string of the molecule is O=C(COc1ccc(Cl)cc1Cl)N1CCCC(Cc2nc(-c3cnccn3)no2)C1. The summed E-state index contributed by atoms with van der Waals surface area (Å²) in [5.74, 6) is 1.52. The smallest absolute Gasteiger partial charge is 0.260 e. The normalized spacial score (nSPS) is 16.5. The fraction of sp³-hybridized carbons (Fsp3) is 0.350. The first kappa shape index (κ1) is 20.6. The number of hydrogen-bond acceptors (Lipinski definition) is 7. The Balaban J connectivity index is 1.32. The highest BCUT2D eigenvalue weighted by Gasteiger charge is 2.26. The Morgan fingerprint density at radius 2 is 2.20 bits per heavy atom. The number of amides is 1. The number of aromatic nitrogens is 4. The van der Waals surface area contributed by atoms with Crippen LogP contribution >= 0.6 is 23.2 Å². The van der Waals surface area contributed by atoms with Gasteiger partial charge in [-0.05, 0) is 37.0 Å². The average Bonchev–Trinajstić information content (AvgIpc) is 3.22.